The van der Waals surface area contributed by atoms with Gasteiger partial charge in [-0.05, 0) is 26.2 Å². The molecule has 2 heterocycles. The van der Waals surface area contributed by atoms with Crippen molar-refractivity contribution < 1.29 is 4.39 Å². The fourth-order valence-electron chi connectivity index (χ4n) is 2.18. The minimum absolute atomic E-state index is 0.340. The van der Waals surface area contributed by atoms with Crippen LogP contribution in [0.3, 0.4) is 0 Å². The number of para-hydroxylation sites is 1. The van der Waals surface area contributed by atoms with E-state index in [1.807, 2.05) is 14.1 Å². The molecule has 6 nitrogen and oxygen atoms in total. The largest absolute Gasteiger partial charge is 0.368 e. The number of hydrogen-bond donors (Lipinski definition) is 1. The highest BCUT2D eigenvalue weighted by Crippen LogP contribution is 2.22. The molecule has 7 heteroatoms. The number of rotatable bonds is 5. The number of nitrogens with zero attached hydrogens (tertiary/aromatic N) is 5. The average molecular weight is 300 g/mol. The van der Waals surface area contributed by atoms with Crippen LogP contribution in [-0.4, -0.2) is 51.8 Å². The van der Waals surface area contributed by atoms with E-state index in [-0.39, 0.29) is 5.82 Å². The minimum atomic E-state index is -0.340. The Morgan fingerprint density at radius 2 is 2.05 bits per heavy atom. The molecule has 0 atom stereocenters. The lowest BCUT2D eigenvalue weighted by atomic mass is 10.3. The van der Waals surface area contributed by atoms with Gasteiger partial charge in [0.25, 0.3) is 0 Å². The monoisotopic (exact) mass is 300 g/mol. The molecule has 0 aliphatic rings. The average Bonchev–Trinajstić information content (AvgIpc) is 2.92. The lowest BCUT2D eigenvalue weighted by molar-refractivity contribution is 0.425. The molecule has 22 heavy (non-hydrogen) atoms. The summed E-state index contributed by atoms with van der Waals surface area (Å²) in [6, 6.07) is 6.49. The van der Waals surface area contributed by atoms with Crippen LogP contribution < -0.4 is 5.32 Å². The third-order valence-electron chi connectivity index (χ3n) is 3.30. The van der Waals surface area contributed by atoms with Crippen LogP contribution in [0.2, 0.25) is 0 Å². The van der Waals surface area contributed by atoms with Gasteiger partial charge in [0.2, 0.25) is 0 Å². The number of nitrogens with one attached hydrogen (secondary N) is 1. The zero-order valence-corrected chi connectivity index (χ0v) is 12.5. The quantitative estimate of drug-likeness (QED) is 0.780. The van der Waals surface area contributed by atoms with E-state index in [0.29, 0.717) is 17.2 Å². The maximum Gasteiger partial charge on any atom is 0.168 e. The Balaban J connectivity index is 1.97. The van der Waals surface area contributed by atoms with Crippen molar-refractivity contribution in [3.05, 3.63) is 42.6 Å². The highest BCUT2D eigenvalue weighted by Gasteiger charge is 2.13. The smallest absolute Gasteiger partial charge is 0.168 e. The van der Waals surface area contributed by atoms with Crippen LogP contribution in [-0.2, 0) is 0 Å². The molecule has 0 unspecified atom stereocenters. The van der Waals surface area contributed by atoms with Crippen molar-refractivity contribution >= 4 is 16.9 Å². The molecule has 2 aromatic heterocycles. The normalized spacial score (nSPS) is 11.3. The second-order valence-corrected chi connectivity index (χ2v) is 5.20. The SMILES string of the molecule is CN(C)CCNc1ncnc2c1cnn2-c1ccccc1F. The summed E-state index contributed by atoms with van der Waals surface area (Å²) >= 11 is 0. The van der Waals surface area contributed by atoms with Crippen molar-refractivity contribution in [3.8, 4) is 5.69 Å². The van der Waals surface area contributed by atoms with Gasteiger partial charge in [0.15, 0.2) is 5.65 Å². The lowest BCUT2D eigenvalue weighted by Gasteiger charge is -2.11. The lowest BCUT2D eigenvalue weighted by Crippen LogP contribution is -2.21. The van der Waals surface area contributed by atoms with E-state index in [2.05, 4.69) is 25.3 Å². The van der Waals surface area contributed by atoms with Crippen LogP contribution in [0.4, 0.5) is 10.2 Å². The Morgan fingerprint density at radius 3 is 2.82 bits per heavy atom. The van der Waals surface area contributed by atoms with Crippen molar-refractivity contribution in [3.63, 3.8) is 0 Å². The maximum absolute atomic E-state index is 13.9. The first kappa shape index (κ1) is 14.4. The molecular formula is C15H17FN6. The molecule has 0 amide bonds. The summed E-state index contributed by atoms with van der Waals surface area (Å²) in [7, 11) is 4.01. The van der Waals surface area contributed by atoms with Crippen LogP contribution in [0.1, 0.15) is 0 Å². The zero-order chi connectivity index (χ0) is 15.5. The van der Waals surface area contributed by atoms with Gasteiger partial charge in [0.1, 0.15) is 23.6 Å². The summed E-state index contributed by atoms with van der Waals surface area (Å²) in [5.74, 6) is 0.364. The van der Waals surface area contributed by atoms with Gasteiger partial charge < -0.3 is 10.2 Å². The summed E-state index contributed by atoms with van der Waals surface area (Å²) in [5.41, 5.74) is 0.947. The fourth-order valence-corrected chi connectivity index (χ4v) is 2.18. The minimum Gasteiger partial charge on any atom is -0.368 e. The first-order valence-electron chi connectivity index (χ1n) is 6.99. The Morgan fingerprint density at radius 1 is 1.23 bits per heavy atom. The molecule has 3 rings (SSSR count). The van der Waals surface area contributed by atoms with Crippen molar-refractivity contribution in [2.75, 3.05) is 32.5 Å². The van der Waals surface area contributed by atoms with Gasteiger partial charge in [-0.2, -0.15) is 5.10 Å². The third-order valence-corrected chi connectivity index (χ3v) is 3.30. The van der Waals surface area contributed by atoms with Crippen molar-refractivity contribution in [2.45, 2.75) is 0 Å². The van der Waals surface area contributed by atoms with Crippen molar-refractivity contribution in [1.82, 2.24) is 24.6 Å². The van der Waals surface area contributed by atoms with Crippen molar-refractivity contribution in [1.29, 1.82) is 0 Å². The number of hydrogen-bond acceptors (Lipinski definition) is 5. The summed E-state index contributed by atoms with van der Waals surface area (Å²) in [5, 5.41) is 8.28. The van der Waals surface area contributed by atoms with Crippen LogP contribution in [0.25, 0.3) is 16.7 Å². The number of fused-ring (bicyclic) bond motifs is 1. The van der Waals surface area contributed by atoms with Crippen molar-refractivity contribution in [2.24, 2.45) is 0 Å². The summed E-state index contributed by atoms with van der Waals surface area (Å²) in [4.78, 5) is 10.6. The molecular weight excluding hydrogens is 283 g/mol. The number of anilines is 1. The predicted octanol–water partition coefficient (Wildman–Crippen LogP) is 1.93. The maximum atomic E-state index is 13.9. The summed E-state index contributed by atoms with van der Waals surface area (Å²) < 4.78 is 15.4. The van der Waals surface area contributed by atoms with E-state index in [1.54, 1.807) is 24.4 Å². The van der Waals surface area contributed by atoms with Gasteiger partial charge in [-0.1, -0.05) is 12.1 Å². The van der Waals surface area contributed by atoms with Gasteiger partial charge in [0.05, 0.1) is 11.6 Å². The van der Waals surface area contributed by atoms with E-state index in [9.17, 15) is 4.39 Å². The summed E-state index contributed by atoms with van der Waals surface area (Å²) in [6.45, 7) is 1.64. The standard InChI is InChI=1S/C15H17FN6/c1-21(2)8-7-17-14-11-9-20-22(15(11)19-10-18-14)13-6-4-3-5-12(13)16/h3-6,9-10H,7-8H2,1-2H3,(H,17,18,19). The molecule has 114 valence electrons. The molecule has 3 aromatic rings. The molecule has 0 fully saturated rings. The first-order chi connectivity index (χ1) is 10.7. The predicted molar refractivity (Wildman–Crippen MR) is 83.7 cm³/mol. The molecule has 0 aliphatic carbocycles. The first-order valence-corrected chi connectivity index (χ1v) is 6.99. The molecule has 0 spiro atoms. The second-order valence-electron chi connectivity index (χ2n) is 5.20. The Hall–Kier alpha value is -2.54. The number of likely N-dealkylation sites (N-methyl/N-ethyl adjacent to an activating group) is 1. The van der Waals surface area contributed by atoms with Crippen LogP contribution in [0.5, 0.6) is 0 Å². The van der Waals surface area contributed by atoms with E-state index >= 15 is 0 Å². The highest BCUT2D eigenvalue weighted by atomic mass is 19.1. The molecule has 0 bridgehead atoms. The molecule has 0 saturated carbocycles. The molecule has 1 aromatic carbocycles. The van der Waals surface area contributed by atoms with Gasteiger partial charge in [-0.15, -0.1) is 0 Å². The number of aromatic nitrogens is 4. The van der Waals surface area contributed by atoms with Crippen LogP contribution in [0, 0.1) is 5.82 Å². The van der Waals surface area contributed by atoms with E-state index in [0.717, 1.165) is 18.5 Å². The van der Waals surface area contributed by atoms with Crippen LogP contribution in [0.15, 0.2) is 36.8 Å². The highest BCUT2D eigenvalue weighted by molar-refractivity contribution is 5.87. The summed E-state index contributed by atoms with van der Waals surface area (Å²) in [6.07, 6.45) is 3.11. The van der Waals surface area contributed by atoms with Gasteiger partial charge in [-0.3, -0.25) is 0 Å². The van der Waals surface area contributed by atoms with E-state index in [1.165, 1.54) is 17.1 Å². The fraction of sp³-hybridized carbons (Fsp3) is 0.267. The number of halogens is 1. The van der Waals surface area contributed by atoms with Gasteiger partial charge >= 0.3 is 0 Å². The number of benzene rings is 1. The second kappa shape index (κ2) is 6.07. The topological polar surface area (TPSA) is 58.9 Å². The van der Waals surface area contributed by atoms with Crippen LogP contribution >= 0.6 is 0 Å². The zero-order valence-electron chi connectivity index (χ0n) is 12.5. The molecule has 0 saturated heterocycles. The molecule has 0 aliphatic heterocycles. The molecule has 1 N–H and O–H groups in total. The Kier molecular flexibility index (Phi) is 3.97. The van der Waals surface area contributed by atoms with Gasteiger partial charge in [0, 0.05) is 13.1 Å². The van der Waals surface area contributed by atoms with Gasteiger partial charge in [-0.25, -0.2) is 19.0 Å². The third kappa shape index (κ3) is 2.75. The van der Waals surface area contributed by atoms with E-state index in [4.69, 9.17) is 0 Å². The Bertz CT molecular complexity index is 783. The van der Waals surface area contributed by atoms with E-state index < -0.39 is 0 Å². The Labute approximate surface area is 127 Å². The molecule has 0 radical (unpaired) electrons.